The Morgan fingerprint density at radius 3 is 2.63 bits per heavy atom. The van der Waals surface area contributed by atoms with Crippen molar-refractivity contribution in [3.05, 3.63) is 50.4 Å². The summed E-state index contributed by atoms with van der Waals surface area (Å²) in [5, 5.41) is 6.20. The summed E-state index contributed by atoms with van der Waals surface area (Å²) >= 11 is 7.85. The number of esters is 2. The minimum atomic E-state index is -1.50. The van der Waals surface area contributed by atoms with Crippen molar-refractivity contribution in [3.8, 4) is 11.8 Å². The molecule has 1 aromatic carbocycles. The van der Waals surface area contributed by atoms with Crippen LogP contribution in [0.5, 0.6) is 0 Å². The Morgan fingerprint density at radius 1 is 1.15 bits per heavy atom. The molecule has 1 N–H and O–H groups in total. The quantitative estimate of drug-likeness (QED) is 0.538. The van der Waals surface area contributed by atoms with Crippen LogP contribution in [0, 0.1) is 11.8 Å². The van der Waals surface area contributed by atoms with Crippen LogP contribution in [-0.2, 0) is 31.3 Å². The van der Waals surface area contributed by atoms with E-state index in [2.05, 4.69) is 22.1 Å². The van der Waals surface area contributed by atoms with E-state index in [9.17, 15) is 9.59 Å². The highest BCUT2D eigenvalue weighted by molar-refractivity contribution is 7.10. The van der Waals surface area contributed by atoms with Gasteiger partial charge in [-0.05, 0) is 36.6 Å². The maximum atomic E-state index is 12.1. The number of hydrogen-bond donors (Lipinski definition) is 1. The van der Waals surface area contributed by atoms with Crippen molar-refractivity contribution in [2.45, 2.75) is 25.0 Å². The average molecular weight is 403 g/mol. The summed E-state index contributed by atoms with van der Waals surface area (Å²) < 4.78 is 11.2. The molecular weight excluding hydrogens is 388 g/mol. The number of carbonyl (C=O) groups is 2. The number of carbonyl (C=O) groups excluding carboxylic acids is 2. The fraction of sp³-hybridized carbons (Fsp3) is 0.316. The molecule has 6 nitrogen and oxygen atoms in total. The molecule has 1 spiro atoms. The Labute approximate surface area is 164 Å². The number of nitrogens with zero attached hydrogens (tertiary/aromatic N) is 1. The minimum Gasteiger partial charge on any atom is -0.416 e. The molecule has 3 heterocycles. The SMILES string of the molecule is O=C1CCC(=O)OC2(CNCCc3c2ccc(Cl)c3C#Cc2nccs2)O1. The summed E-state index contributed by atoms with van der Waals surface area (Å²) in [5.41, 5.74) is 2.03. The molecule has 2 aliphatic rings. The van der Waals surface area contributed by atoms with Crippen LogP contribution in [0.3, 0.4) is 0 Å². The van der Waals surface area contributed by atoms with Gasteiger partial charge in [0.2, 0.25) is 0 Å². The van der Waals surface area contributed by atoms with Crippen molar-refractivity contribution in [3.63, 3.8) is 0 Å². The molecule has 0 unspecified atom stereocenters. The largest absolute Gasteiger partial charge is 0.416 e. The van der Waals surface area contributed by atoms with E-state index in [4.69, 9.17) is 21.1 Å². The summed E-state index contributed by atoms with van der Waals surface area (Å²) in [4.78, 5) is 28.4. The summed E-state index contributed by atoms with van der Waals surface area (Å²) in [6, 6.07) is 3.43. The van der Waals surface area contributed by atoms with Gasteiger partial charge < -0.3 is 14.8 Å². The third kappa shape index (κ3) is 3.56. The Hall–Kier alpha value is -2.40. The first-order chi connectivity index (χ1) is 13.1. The van der Waals surface area contributed by atoms with Crippen LogP contribution < -0.4 is 5.32 Å². The number of benzene rings is 1. The first-order valence-electron chi connectivity index (χ1n) is 8.45. The maximum Gasteiger partial charge on any atom is 0.309 e. The van der Waals surface area contributed by atoms with E-state index in [1.807, 2.05) is 5.38 Å². The second kappa shape index (κ2) is 7.31. The van der Waals surface area contributed by atoms with Gasteiger partial charge in [-0.2, -0.15) is 0 Å². The Kier molecular flexibility index (Phi) is 4.87. The highest BCUT2D eigenvalue weighted by Crippen LogP contribution is 2.37. The van der Waals surface area contributed by atoms with E-state index >= 15 is 0 Å². The van der Waals surface area contributed by atoms with Gasteiger partial charge in [-0.1, -0.05) is 17.5 Å². The average Bonchev–Trinajstić information content (AvgIpc) is 3.04. The predicted molar refractivity (Wildman–Crippen MR) is 99.2 cm³/mol. The monoisotopic (exact) mass is 402 g/mol. The summed E-state index contributed by atoms with van der Waals surface area (Å²) in [5.74, 6) is 3.66. The Balaban J connectivity index is 1.86. The predicted octanol–water partition coefficient (Wildman–Crippen LogP) is 2.38. The van der Waals surface area contributed by atoms with Gasteiger partial charge in [0.25, 0.3) is 5.79 Å². The van der Waals surface area contributed by atoms with Crippen molar-refractivity contribution in [1.29, 1.82) is 0 Å². The van der Waals surface area contributed by atoms with Crippen LogP contribution in [0.1, 0.15) is 34.5 Å². The number of aromatic nitrogens is 1. The Bertz CT molecular complexity index is 944. The van der Waals surface area contributed by atoms with Crippen molar-refractivity contribution < 1.29 is 19.1 Å². The van der Waals surface area contributed by atoms with Crippen molar-refractivity contribution in [1.82, 2.24) is 10.3 Å². The summed E-state index contributed by atoms with van der Waals surface area (Å²) in [6.07, 6.45) is 2.29. The van der Waals surface area contributed by atoms with E-state index in [-0.39, 0.29) is 19.4 Å². The molecule has 138 valence electrons. The van der Waals surface area contributed by atoms with E-state index in [0.717, 1.165) is 5.56 Å². The van der Waals surface area contributed by atoms with Gasteiger partial charge >= 0.3 is 11.9 Å². The molecule has 0 atom stereocenters. The fourth-order valence-electron chi connectivity index (χ4n) is 3.21. The third-order valence-corrected chi connectivity index (χ3v) is 5.40. The topological polar surface area (TPSA) is 77.5 Å². The van der Waals surface area contributed by atoms with Crippen LogP contribution in [0.2, 0.25) is 5.02 Å². The fourth-order valence-corrected chi connectivity index (χ4v) is 3.92. The second-order valence-corrected chi connectivity index (χ2v) is 7.47. The highest BCUT2D eigenvalue weighted by Gasteiger charge is 2.45. The maximum absolute atomic E-state index is 12.1. The zero-order valence-corrected chi connectivity index (χ0v) is 15.8. The van der Waals surface area contributed by atoms with Crippen LogP contribution in [-0.4, -0.2) is 30.0 Å². The van der Waals surface area contributed by atoms with Crippen LogP contribution in [0.4, 0.5) is 0 Å². The molecule has 27 heavy (non-hydrogen) atoms. The second-order valence-electron chi connectivity index (χ2n) is 6.16. The number of nitrogens with one attached hydrogen (secondary N) is 1. The molecule has 8 heteroatoms. The summed E-state index contributed by atoms with van der Waals surface area (Å²) in [6.45, 7) is 0.786. The molecule has 0 aliphatic carbocycles. The Morgan fingerprint density at radius 2 is 1.93 bits per heavy atom. The van der Waals surface area contributed by atoms with Gasteiger partial charge in [0, 0.05) is 22.7 Å². The van der Waals surface area contributed by atoms with Crippen molar-refractivity contribution >= 4 is 34.9 Å². The number of halogens is 1. The van der Waals surface area contributed by atoms with Crippen LogP contribution in [0.15, 0.2) is 23.7 Å². The number of hydrogen-bond acceptors (Lipinski definition) is 7. The molecule has 2 aliphatic heterocycles. The zero-order valence-electron chi connectivity index (χ0n) is 14.2. The van der Waals surface area contributed by atoms with E-state index < -0.39 is 17.7 Å². The van der Waals surface area contributed by atoms with Crippen LogP contribution in [0.25, 0.3) is 0 Å². The lowest BCUT2D eigenvalue weighted by Gasteiger charge is -2.31. The van der Waals surface area contributed by atoms with Gasteiger partial charge in [-0.15, -0.1) is 11.3 Å². The van der Waals surface area contributed by atoms with E-state index in [0.29, 0.717) is 34.1 Å². The zero-order chi connectivity index (χ0) is 18.9. The molecule has 0 bridgehead atoms. The standard InChI is InChI=1S/C19H15ClN2O4S/c20-15-3-2-14-12(13(15)1-4-16-22-9-10-27-16)7-8-21-11-19(14)25-17(23)5-6-18(24)26-19/h2-3,9-10,21H,5-8,11H2. The molecule has 4 rings (SSSR count). The number of thiazole rings is 1. The van der Waals surface area contributed by atoms with Crippen molar-refractivity contribution in [2.24, 2.45) is 0 Å². The van der Waals surface area contributed by atoms with Gasteiger partial charge in [-0.25, -0.2) is 4.98 Å². The van der Waals surface area contributed by atoms with Gasteiger partial charge in [0.15, 0.2) is 5.01 Å². The molecule has 2 aromatic rings. The number of ether oxygens (including phenoxy) is 2. The number of rotatable bonds is 0. The highest BCUT2D eigenvalue weighted by atomic mass is 35.5. The lowest BCUT2D eigenvalue weighted by atomic mass is 9.93. The molecule has 1 fully saturated rings. The molecule has 1 saturated heterocycles. The van der Waals surface area contributed by atoms with Crippen molar-refractivity contribution in [2.75, 3.05) is 13.1 Å². The lowest BCUT2D eigenvalue weighted by Crippen LogP contribution is -2.43. The summed E-state index contributed by atoms with van der Waals surface area (Å²) in [7, 11) is 0. The van der Waals surface area contributed by atoms with Gasteiger partial charge in [-0.3, -0.25) is 9.59 Å². The third-order valence-electron chi connectivity index (χ3n) is 4.40. The minimum absolute atomic E-state index is 0.000215. The molecule has 0 amide bonds. The first-order valence-corrected chi connectivity index (χ1v) is 9.71. The molecule has 1 aromatic heterocycles. The van der Waals surface area contributed by atoms with Gasteiger partial charge in [0.1, 0.15) is 0 Å². The normalized spacial score (nSPS) is 18.4. The number of fused-ring (bicyclic) bond motifs is 2. The van der Waals surface area contributed by atoms with E-state index in [1.165, 1.54) is 11.3 Å². The molecular formula is C19H15ClN2O4S. The van der Waals surface area contributed by atoms with Crippen LogP contribution >= 0.6 is 22.9 Å². The molecule has 0 saturated carbocycles. The molecule has 0 radical (unpaired) electrons. The van der Waals surface area contributed by atoms with Gasteiger partial charge in [0.05, 0.1) is 24.4 Å². The van der Waals surface area contributed by atoms with E-state index in [1.54, 1.807) is 18.3 Å². The smallest absolute Gasteiger partial charge is 0.309 e. The lowest BCUT2D eigenvalue weighted by molar-refractivity contribution is -0.225. The first kappa shape index (κ1) is 18.0.